The fourth-order valence-corrected chi connectivity index (χ4v) is 1.31. The molecule has 1 rings (SSSR count). The maximum absolute atomic E-state index is 11.2. The molecule has 0 aliphatic rings. The first-order valence-electron chi connectivity index (χ1n) is 4.34. The van der Waals surface area contributed by atoms with E-state index in [1.165, 1.54) is 13.1 Å². The first kappa shape index (κ1) is 12.6. The molecule has 0 radical (unpaired) electrons. The van der Waals surface area contributed by atoms with Gasteiger partial charge in [0.05, 0.1) is 6.54 Å². The number of amides is 1. The third kappa shape index (κ3) is 3.96. The molecule has 1 amide bonds. The Bertz CT molecular complexity index is 466. The third-order valence-corrected chi connectivity index (χ3v) is 2.65. The van der Waals surface area contributed by atoms with Gasteiger partial charge in [0, 0.05) is 13.1 Å². The van der Waals surface area contributed by atoms with Gasteiger partial charge >= 0.3 is 0 Å². The summed E-state index contributed by atoms with van der Waals surface area (Å²) in [6, 6.07) is 1.52. The first-order chi connectivity index (χ1) is 7.43. The average Bonchev–Trinajstić information content (AvgIpc) is 2.61. The lowest BCUT2D eigenvalue weighted by Crippen LogP contribution is -2.39. The molecule has 90 valence electrons. The summed E-state index contributed by atoms with van der Waals surface area (Å²) >= 11 is 0. The summed E-state index contributed by atoms with van der Waals surface area (Å²) in [4.78, 5) is 11.2. The van der Waals surface area contributed by atoms with Gasteiger partial charge in [-0.1, -0.05) is 5.16 Å². The summed E-state index contributed by atoms with van der Waals surface area (Å²) in [5.41, 5.74) is 0. The minimum atomic E-state index is -3.61. The first-order valence-corrected chi connectivity index (χ1v) is 5.82. The minimum Gasteiger partial charge on any atom is -0.360 e. The number of carbonyl (C=O) groups is 1. The molecule has 0 saturated heterocycles. The number of hydrogen-bond acceptors (Lipinski definition) is 5. The maximum Gasteiger partial charge on any atom is 0.277 e. The number of aromatic nitrogens is 1. The maximum atomic E-state index is 11.2. The highest BCUT2D eigenvalue weighted by molar-refractivity contribution is 7.87. The largest absolute Gasteiger partial charge is 0.360 e. The Morgan fingerprint density at radius 3 is 2.75 bits per heavy atom. The molecule has 1 heterocycles. The predicted octanol–water partition coefficient (Wildman–Crippen LogP) is -1.02. The van der Waals surface area contributed by atoms with Gasteiger partial charge in [0.1, 0.15) is 5.76 Å². The molecule has 0 unspecified atom stereocenters. The fourth-order valence-electron chi connectivity index (χ4n) is 0.845. The van der Waals surface area contributed by atoms with Gasteiger partial charge in [-0.2, -0.15) is 13.1 Å². The summed E-state index contributed by atoms with van der Waals surface area (Å²) in [5, 5.41) is 5.88. The SMILES string of the molecule is CNS(=O)(=O)NCC(=O)Nc1cc(C)on1. The van der Waals surface area contributed by atoms with Crippen molar-refractivity contribution in [3.8, 4) is 0 Å². The van der Waals surface area contributed by atoms with Crippen molar-refractivity contribution >= 4 is 21.9 Å². The zero-order valence-electron chi connectivity index (χ0n) is 8.77. The number of nitrogens with zero attached hydrogens (tertiary/aromatic N) is 1. The van der Waals surface area contributed by atoms with E-state index in [9.17, 15) is 13.2 Å². The van der Waals surface area contributed by atoms with Crippen LogP contribution in [0.1, 0.15) is 5.76 Å². The van der Waals surface area contributed by atoms with E-state index in [0.717, 1.165) is 0 Å². The molecule has 0 atom stereocenters. The average molecular weight is 248 g/mol. The van der Waals surface area contributed by atoms with Crippen LogP contribution in [-0.4, -0.2) is 33.1 Å². The molecule has 0 bridgehead atoms. The molecule has 0 saturated carbocycles. The van der Waals surface area contributed by atoms with Crippen LogP contribution in [0, 0.1) is 6.92 Å². The lowest BCUT2D eigenvalue weighted by atomic mass is 10.5. The summed E-state index contributed by atoms with van der Waals surface area (Å²) in [5.74, 6) is 0.254. The molecular weight excluding hydrogens is 236 g/mol. The van der Waals surface area contributed by atoms with E-state index in [1.54, 1.807) is 6.92 Å². The van der Waals surface area contributed by atoms with Crippen molar-refractivity contribution in [2.75, 3.05) is 18.9 Å². The molecule has 1 aromatic rings. The monoisotopic (exact) mass is 248 g/mol. The number of anilines is 1. The lowest BCUT2D eigenvalue weighted by Gasteiger charge is -2.03. The molecule has 9 heteroatoms. The van der Waals surface area contributed by atoms with Gasteiger partial charge in [0.2, 0.25) is 5.91 Å². The summed E-state index contributed by atoms with van der Waals surface area (Å²) in [6.07, 6.45) is 0. The lowest BCUT2D eigenvalue weighted by molar-refractivity contribution is -0.115. The second-order valence-corrected chi connectivity index (χ2v) is 4.60. The number of carbonyl (C=O) groups excluding carboxylic acids is 1. The Morgan fingerprint density at radius 2 is 2.25 bits per heavy atom. The molecule has 16 heavy (non-hydrogen) atoms. The van der Waals surface area contributed by atoms with Crippen molar-refractivity contribution in [3.05, 3.63) is 11.8 Å². The Hall–Kier alpha value is -1.45. The van der Waals surface area contributed by atoms with Crippen molar-refractivity contribution in [3.63, 3.8) is 0 Å². The summed E-state index contributed by atoms with van der Waals surface area (Å²) in [6.45, 7) is 1.29. The summed E-state index contributed by atoms with van der Waals surface area (Å²) in [7, 11) is -2.37. The van der Waals surface area contributed by atoms with Gasteiger partial charge in [-0.25, -0.2) is 4.72 Å². The highest BCUT2D eigenvalue weighted by Gasteiger charge is 2.10. The van der Waals surface area contributed by atoms with Crippen molar-refractivity contribution in [2.24, 2.45) is 0 Å². The van der Waals surface area contributed by atoms with Crippen LogP contribution < -0.4 is 14.8 Å². The van der Waals surface area contributed by atoms with Crippen molar-refractivity contribution in [1.82, 2.24) is 14.6 Å². The molecule has 0 spiro atoms. The molecule has 0 aliphatic carbocycles. The van der Waals surface area contributed by atoms with Gasteiger partial charge in [-0.3, -0.25) is 4.79 Å². The van der Waals surface area contributed by atoms with E-state index in [-0.39, 0.29) is 12.4 Å². The fraction of sp³-hybridized carbons (Fsp3) is 0.429. The Labute approximate surface area is 92.6 Å². The topological polar surface area (TPSA) is 113 Å². The second kappa shape index (κ2) is 5.05. The third-order valence-electron chi connectivity index (χ3n) is 1.59. The van der Waals surface area contributed by atoms with E-state index in [4.69, 9.17) is 4.52 Å². The minimum absolute atomic E-state index is 0.242. The normalized spacial score (nSPS) is 11.4. The van der Waals surface area contributed by atoms with Gasteiger partial charge in [-0.05, 0) is 6.92 Å². The smallest absolute Gasteiger partial charge is 0.277 e. The molecular formula is C7H12N4O4S. The molecule has 0 aromatic carbocycles. The number of hydrogen-bond donors (Lipinski definition) is 3. The van der Waals surface area contributed by atoms with Crippen LogP contribution in [-0.2, 0) is 15.0 Å². The number of nitrogens with one attached hydrogen (secondary N) is 3. The molecule has 3 N–H and O–H groups in total. The highest BCUT2D eigenvalue weighted by Crippen LogP contribution is 2.06. The zero-order chi connectivity index (χ0) is 12.2. The molecule has 0 fully saturated rings. The number of aryl methyl sites for hydroxylation is 1. The van der Waals surface area contributed by atoms with Crippen LogP contribution in [0.15, 0.2) is 10.6 Å². The van der Waals surface area contributed by atoms with E-state index in [0.29, 0.717) is 5.76 Å². The zero-order valence-corrected chi connectivity index (χ0v) is 9.59. The van der Waals surface area contributed by atoms with Crippen LogP contribution in [0.2, 0.25) is 0 Å². The van der Waals surface area contributed by atoms with Crippen LogP contribution in [0.5, 0.6) is 0 Å². The van der Waals surface area contributed by atoms with Crippen molar-refractivity contribution in [1.29, 1.82) is 0 Å². The van der Waals surface area contributed by atoms with Crippen molar-refractivity contribution in [2.45, 2.75) is 6.92 Å². The Morgan fingerprint density at radius 1 is 1.56 bits per heavy atom. The van der Waals surface area contributed by atoms with Crippen LogP contribution in [0.3, 0.4) is 0 Å². The molecule has 8 nitrogen and oxygen atoms in total. The highest BCUT2D eigenvalue weighted by atomic mass is 32.2. The molecule has 1 aromatic heterocycles. The summed E-state index contributed by atoms with van der Waals surface area (Å²) < 4.78 is 30.6. The van der Waals surface area contributed by atoms with E-state index in [2.05, 4.69) is 10.5 Å². The van der Waals surface area contributed by atoms with Crippen LogP contribution in [0.25, 0.3) is 0 Å². The van der Waals surface area contributed by atoms with Crippen molar-refractivity contribution < 1.29 is 17.7 Å². The van der Waals surface area contributed by atoms with E-state index in [1.807, 2.05) is 9.44 Å². The number of rotatable bonds is 5. The standard InChI is InChI=1S/C7H12N4O4S/c1-5-3-6(11-15-5)10-7(12)4-9-16(13,14)8-2/h3,8-9H,4H2,1-2H3,(H,10,11,12). The van der Waals surface area contributed by atoms with E-state index < -0.39 is 16.1 Å². The second-order valence-electron chi connectivity index (χ2n) is 2.90. The van der Waals surface area contributed by atoms with Gasteiger partial charge in [-0.15, -0.1) is 0 Å². The van der Waals surface area contributed by atoms with Gasteiger partial charge in [0.15, 0.2) is 5.82 Å². The Kier molecular flexibility index (Phi) is 3.99. The molecule has 0 aliphatic heterocycles. The van der Waals surface area contributed by atoms with Gasteiger partial charge in [0.25, 0.3) is 10.2 Å². The van der Waals surface area contributed by atoms with Crippen LogP contribution in [0.4, 0.5) is 5.82 Å². The van der Waals surface area contributed by atoms with Gasteiger partial charge < -0.3 is 9.84 Å². The quantitative estimate of drug-likeness (QED) is 0.617. The Balaban J connectivity index is 2.43. The van der Waals surface area contributed by atoms with E-state index >= 15 is 0 Å². The predicted molar refractivity (Wildman–Crippen MR) is 55.9 cm³/mol. The van der Waals surface area contributed by atoms with Crippen LogP contribution >= 0.6 is 0 Å².